The lowest BCUT2D eigenvalue weighted by molar-refractivity contribution is -0.156. The molecule has 0 aromatic heterocycles. The Hall–Kier alpha value is -1.50. The van der Waals surface area contributed by atoms with E-state index in [0.29, 0.717) is 0 Å². The number of nitrogens with zero attached hydrogens (tertiary/aromatic N) is 1. The Labute approximate surface area is 114 Å². The van der Waals surface area contributed by atoms with E-state index in [9.17, 15) is 9.59 Å². The molecule has 1 saturated carbocycles. The van der Waals surface area contributed by atoms with Crippen molar-refractivity contribution in [2.75, 3.05) is 0 Å². The first-order chi connectivity index (χ1) is 8.95. The van der Waals surface area contributed by atoms with E-state index in [-0.39, 0.29) is 23.8 Å². The summed E-state index contributed by atoms with van der Waals surface area (Å²) >= 11 is 0. The molecule has 2 fully saturated rings. The zero-order chi connectivity index (χ0) is 14.2. The van der Waals surface area contributed by atoms with Crippen LogP contribution in [0.15, 0.2) is 0 Å². The first-order valence-electron chi connectivity index (χ1n) is 7.06. The van der Waals surface area contributed by atoms with E-state index in [2.05, 4.69) is 11.2 Å². The van der Waals surface area contributed by atoms with Crippen molar-refractivity contribution in [2.24, 2.45) is 5.92 Å². The van der Waals surface area contributed by atoms with Crippen LogP contribution in [0.4, 0.5) is 0 Å². The Morgan fingerprint density at radius 1 is 1.53 bits per heavy atom. The number of carbonyl (C=O) groups is 2. The highest BCUT2D eigenvalue weighted by molar-refractivity contribution is 6.00. The van der Waals surface area contributed by atoms with Crippen molar-refractivity contribution in [3.63, 3.8) is 0 Å². The molecule has 0 aromatic carbocycles. The van der Waals surface area contributed by atoms with E-state index >= 15 is 0 Å². The summed E-state index contributed by atoms with van der Waals surface area (Å²) in [5, 5.41) is 2.91. The summed E-state index contributed by atoms with van der Waals surface area (Å²) in [6, 6.07) is -0.761. The summed E-state index contributed by atoms with van der Waals surface area (Å²) in [5.74, 6) is 2.83. The van der Waals surface area contributed by atoms with E-state index in [1.165, 1.54) is 0 Å². The van der Waals surface area contributed by atoms with Gasteiger partial charge in [-0.3, -0.25) is 9.59 Å². The second kappa shape index (κ2) is 4.88. The molecule has 1 aliphatic heterocycles. The first-order valence-corrected chi connectivity index (χ1v) is 7.06. The second-order valence-corrected chi connectivity index (χ2v) is 5.83. The Balaban J connectivity index is 2.31. The fourth-order valence-corrected chi connectivity index (χ4v) is 2.91. The highest BCUT2D eigenvalue weighted by Gasteiger charge is 2.55. The summed E-state index contributed by atoms with van der Waals surface area (Å²) in [7, 11) is 0. The van der Waals surface area contributed by atoms with Crippen molar-refractivity contribution >= 4 is 11.8 Å². The molecule has 3 atom stereocenters. The van der Waals surface area contributed by atoms with Crippen LogP contribution >= 0.6 is 0 Å². The SMILES string of the molecule is C#CC(CCC)N1C(=O)C(C)(C2CC2)NC(=O)C1C. The lowest BCUT2D eigenvalue weighted by atomic mass is 9.88. The topological polar surface area (TPSA) is 49.4 Å². The molecule has 1 heterocycles. The largest absolute Gasteiger partial charge is 0.340 e. The molecule has 19 heavy (non-hydrogen) atoms. The zero-order valence-corrected chi connectivity index (χ0v) is 11.9. The van der Waals surface area contributed by atoms with Gasteiger partial charge in [-0.05, 0) is 39.0 Å². The van der Waals surface area contributed by atoms with E-state index in [1.54, 1.807) is 11.8 Å². The molecule has 2 amide bonds. The third-order valence-electron chi connectivity index (χ3n) is 4.34. The minimum Gasteiger partial charge on any atom is -0.340 e. The van der Waals surface area contributed by atoms with Crippen molar-refractivity contribution in [2.45, 2.75) is 64.1 Å². The quantitative estimate of drug-likeness (QED) is 0.776. The monoisotopic (exact) mass is 262 g/mol. The van der Waals surface area contributed by atoms with Gasteiger partial charge in [0.15, 0.2) is 0 Å². The van der Waals surface area contributed by atoms with Crippen molar-refractivity contribution in [1.82, 2.24) is 10.2 Å². The summed E-state index contributed by atoms with van der Waals surface area (Å²) in [6.45, 7) is 5.62. The standard InChI is InChI=1S/C15H22N2O2/c1-5-7-12(6-2)17-10(3)13(18)16-15(4,14(17)19)11-8-9-11/h2,10-12H,5,7-9H2,1,3-4H3,(H,16,18). The fourth-order valence-electron chi connectivity index (χ4n) is 2.91. The number of carbonyl (C=O) groups excluding carboxylic acids is 2. The molecule has 4 nitrogen and oxygen atoms in total. The minimum absolute atomic E-state index is 0.0153. The Morgan fingerprint density at radius 3 is 2.63 bits per heavy atom. The molecule has 0 bridgehead atoms. The number of hydrogen-bond acceptors (Lipinski definition) is 2. The smallest absolute Gasteiger partial charge is 0.250 e. The van der Waals surface area contributed by atoms with E-state index in [4.69, 9.17) is 6.42 Å². The van der Waals surface area contributed by atoms with Gasteiger partial charge in [0.05, 0.1) is 6.04 Å². The van der Waals surface area contributed by atoms with Crippen LogP contribution in [-0.4, -0.2) is 34.3 Å². The van der Waals surface area contributed by atoms with Gasteiger partial charge in [-0.25, -0.2) is 0 Å². The molecule has 104 valence electrons. The number of hydrogen-bond donors (Lipinski definition) is 1. The maximum Gasteiger partial charge on any atom is 0.250 e. The van der Waals surface area contributed by atoms with Gasteiger partial charge in [0.2, 0.25) is 11.8 Å². The van der Waals surface area contributed by atoms with Gasteiger partial charge in [0, 0.05) is 0 Å². The van der Waals surface area contributed by atoms with Crippen LogP contribution in [0.5, 0.6) is 0 Å². The van der Waals surface area contributed by atoms with Gasteiger partial charge in [0.1, 0.15) is 11.6 Å². The number of rotatable bonds is 4. The molecule has 0 aromatic rings. The molecule has 3 unspecified atom stereocenters. The average molecular weight is 262 g/mol. The zero-order valence-electron chi connectivity index (χ0n) is 11.9. The molecular formula is C15H22N2O2. The van der Waals surface area contributed by atoms with Crippen molar-refractivity contribution in [3.05, 3.63) is 0 Å². The highest BCUT2D eigenvalue weighted by Crippen LogP contribution is 2.42. The van der Waals surface area contributed by atoms with E-state index in [1.807, 2.05) is 13.8 Å². The summed E-state index contributed by atoms with van der Waals surface area (Å²) in [4.78, 5) is 26.6. The number of terminal acetylenes is 1. The third kappa shape index (κ3) is 2.22. The Kier molecular flexibility index (Phi) is 3.58. The Bertz CT molecular complexity index is 436. The normalized spacial score (nSPS) is 32.7. The molecule has 1 saturated heterocycles. The molecule has 4 heteroatoms. The fraction of sp³-hybridized carbons (Fsp3) is 0.733. The Morgan fingerprint density at radius 2 is 2.16 bits per heavy atom. The van der Waals surface area contributed by atoms with Crippen LogP contribution in [-0.2, 0) is 9.59 Å². The molecule has 2 rings (SSSR count). The number of amides is 2. The predicted octanol–water partition coefficient (Wildman–Crippen LogP) is 1.30. The van der Waals surface area contributed by atoms with Gasteiger partial charge in [-0.1, -0.05) is 19.3 Å². The van der Waals surface area contributed by atoms with Crippen LogP contribution in [0.25, 0.3) is 0 Å². The molecule has 2 aliphatic rings. The molecular weight excluding hydrogens is 240 g/mol. The van der Waals surface area contributed by atoms with E-state index < -0.39 is 11.6 Å². The minimum atomic E-state index is -0.758. The van der Waals surface area contributed by atoms with Crippen molar-refractivity contribution in [3.8, 4) is 12.3 Å². The van der Waals surface area contributed by atoms with Crippen LogP contribution < -0.4 is 5.32 Å². The lowest BCUT2D eigenvalue weighted by Gasteiger charge is -2.45. The third-order valence-corrected chi connectivity index (χ3v) is 4.34. The van der Waals surface area contributed by atoms with Gasteiger partial charge in [0.25, 0.3) is 0 Å². The van der Waals surface area contributed by atoms with Crippen LogP contribution in [0, 0.1) is 18.3 Å². The van der Waals surface area contributed by atoms with Crippen molar-refractivity contribution < 1.29 is 9.59 Å². The maximum absolute atomic E-state index is 12.8. The second-order valence-electron chi connectivity index (χ2n) is 5.83. The van der Waals surface area contributed by atoms with Crippen LogP contribution in [0.2, 0.25) is 0 Å². The number of nitrogens with one attached hydrogen (secondary N) is 1. The summed E-state index contributed by atoms with van der Waals surface area (Å²) < 4.78 is 0. The number of piperazine rings is 1. The predicted molar refractivity (Wildman–Crippen MR) is 73.1 cm³/mol. The molecule has 0 radical (unpaired) electrons. The van der Waals surface area contributed by atoms with Gasteiger partial charge < -0.3 is 10.2 Å². The lowest BCUT2D eigenvalue weighted by Crippen LogP contribution is -2.71. The van der Waals surface area contributed by atoms with E-state index in [0.717, 1.165) is 25.7 Å². The van der Waals surface area contributed by atoms with Crippen molar-refractivity contribution in [1.29, 1.82) is 0 Å². The molecule has 0 spiro atoms. The summed E-state index contributed by atoms with van der Waals surface area (Å²) in [5.41, 5.74) is -0.758. The van der Waals surface area contributed by atoms with Gasteiger partial charge in [-0.15, -0.1) is 6.42 Å². The summed E-state index contributed by atoms with van der Waals surface area (Å²) in [6.07, 6.45) is 9.20. The van der Waals surface area contributed by atoms with Crippen LogP contribution in [0.3, 0.4) is 0 Å². The molecule has 1 N–H and O–H groups in total. The first kappa shape index (κ1) is 13.9. The van der Waals surface area contributed by atoms with Gasteiger partial charge in [-0.2, -0.15) is 0 Å². The highest BCUT2D eigenvalue weighted by atomic mass is 16.2. The average Bonchev–Trinajstić information content (AvgIpc) is 3.20. The van der Waals surface area contributed by atoms with Gasteiger partial charge >= 0.3 is 0 Å². The molecule has 1 aliphatic carbocycles. The maximum atomic E-state index is 12.8. The van der Waals surface area contributed by atoms with Crippen LogP contribution in [0.1, 0.15) is 46.5 Å².